The molecule has 2 bridgehead atoms. The standard InChI is InChI=1S/C31H35N9O5/c1-19(2)26-31-36-25(17-45-31)28(42)32-15-7-6-10-23(29(43)35-24(30(44)37-26)16-20-8-4-3-5-9-20)34-27(41)21-11-13-22(14-12-21)40-18-33-38-39-40/h3-5,8-9,11-14,17-19,23-24,26H,6-7,10,15-16H2,1-2H3,(H,32,42)(H,34,41)(H,35,43)(H,37,44)/t23-,24-,26-/m0/s1. The summed E-state index contributed by atoms with van der Waals surface area (Å²) in [5.74, 6) is -1.76. The quantitative estimate of drug-likeness (QED) is 0.252. The molecule has 0 spiro atoms. The van der Waals surface area contributed by atoms with Gasteiger partial charge in [0.25, 0.3) is 11.8 Å². The maximum absolute atomic E-state index is 13.8. The molecule has 0 saturated carbocycles. The van der Waals surface area contributed by atoms with E-state index in [4.69, 9.17) is 4.42 Å². The Morgan fingerprint density at radius 1 is 1.02 bits per heavy atom. The fraction of sp³-hybridized carbons (Fsp3) is 0.355. The number of aromatic nitrogens is 5. The van der Waals surface area contributed by atoms with Gasteiger partial charge in [0.2, 0.25) is 17.7 Å². The van der Waals surface area contributed by atoms with E-state index in [1.807, 2.05) is 44.2 Å². The molecule has 3 heterocycles. The van der Waals surface area contributed by atoms with Gasteiger partial charge in [0.15, 0.2) is 5.69 Å². The van der Waals surface area contributed by atoms with Crippen molar-refractivity contribution in [3.8, 4) is 5.69 Å². The van der Waals surface area contributed by atoms with Crippen LogP contribution in [-0.2, 0) is 16.0 Å². The van der Waals surface area contributed by atoms with Crippen LogP contribution in [0, 0.1) is 5.92 Å². The Morgan fingerprint density at radius 3 is 2.51 bits per heavy atom. The zero-order valence-electron chi connectivity index (χ0n) is 25.0. The lowest BCUT2D eigenvalue weighted by atomic mass is 10.0. The molecule has 2 aromatic heterocycles. The van der Waals surface area contributed by atoms with Crippen LogP contribution in [0.2, 0.25) is 0 Å². The van der Waals surface area contributed by atoms with E-state index in [2.05, 4.69) is 41.8 Å². The van der Waals surface area contributed by atoms with E-state index in [9.17, 15) is 19.2 Å². The Bertz CT molecular complexity index is 1600. The first kappa shape index (κ1) is 31.0. The van der Waals surface area contributed by atoms with Crippen molar-refractivity contribution in [2.75, 3.05) is 6.54 Å². The van der Waals surface area contributed by atoms with Gasteiger partial charge in [-0.05, 0) is 65.4 Å². The van der Waals surface area contributed by atoms with Gasteiger partial charge >= 0.3 is 0 Å². The summed E-state index contributed by atoms with van der Waals surface area (Å²) in [5, 5.41) is 22.5. The zero-order valence-corrected chi connectivity index (χ0v) is 25.0. The number of fused-ring (bicyclic) bond motifs is 2. The van der Waals surface area contributed by atoms with Crippen molar-refractivity contribution in [1.82, 2.24) is 46.5 Å². The Hall–Kier alpha value is -5.40. The smallest absolute Gasteiger partial charge is 0.273 e. The van der Waals surface area contributed by atoms with Gasteiger partial charge < -0.3 is 25.7 Å². The Kier molecular flexibility index (Phi) is 9.92. The molecule has 234 valence electrons. The summed E-state index contributed by atoms with van der Waals surface area (Å²) in [6.45, 7) is 4.11. The van der Waals surface area contributed by atoms with E-state index in [0.29, 0.717) is 30.6 Å². The minimum absolute atomic E-state index is 0.113. The molecule has 0 radical (unpaired) electrons. The fourth-order valence-electron chi connectivity index (χ4n) is 4.96. The Labute approximate surface area is 259 Å². The maximum Gasteiger partial charge on any atom is 0.273 e. The number of hydrogen-bond donors (Lipinski definition) is 4. The molecule has 45 heavy (non-hydrogen) atoms. The van der Waals surface area contributed by atoms with Crippen LogP contribution in [-0.4, -0.2) is 67.4 Å². The van der Waals surface area contributed by atoms with Crippen LogP contribution in [0.5, 0.6) is 0 Å². The van der Waals surface area contributed by atoms with Gasteiger partial charge in [-0.3, -0.25) is 19.2 Å². The van der Waals surface area contributed by atoms with E-state index in [-0.39, 0.29) is 30.3 Å². The number of carbonyl (C=O) groups is 4. The molecule has 1 aliphatic rings. The van der Waals surface area contributed by atoms with Gasteiger partial charge in [0.1, 0.15) is 30.7 Å². The predicted molar refractivity (Wildman–Crippen MR) is 161 cm³/mol. The second kappa shape index (κ2) is 14.4. The first-order valence-electron chi connectivity index (χ1n) is 14.8. The number of hydrogen-bond acceptors (Lipinski definition) is 9. The van der Waals surface area contributed by atoms with Crippen LogP contribution in [0.3, 0.4) is 0 Å². The normalized spacial score (nSPS) is 19.8. The van der Waals surface area contributed by atoms with Crippen LogP contribution in [0.15, 0.2) is 71.6 Å². The van der Waals surface area contributed by atoms with Crippen molar-refractivity contribution in [2.24, 2.45) is 5.92 Å². The van der Waals surface area contributed by atoms with E-state index in [0.717, 1.165) is 5.56 Å². The first-order chi connectivity index (χ1) is 21.8. The Balaban J connectivity index is 1.39. The van der Waals surface area contributed by atoms with Gasteiger partial charge in [0, 0.05) is 18.5 Å². The molecule has 4 aromatic rings. The van der Waals surface area contributed by atoms with Crippen molar-refractivity contribution >= 4 is 23.6 Å². The third kappa shape index (κ3) is 7.96. The number of tetrazole rings is 1. The van der Waals surface area contributed by atoms with Crippen LogP contribution < -0.4 is 21.3 Å². The molecule has 0 aliphatic carbocycles. The minimum Gasteiger partial charge on any atom is -0.446 e. The van der Waals surface area contributed by atoms with Crippen molar-refractivity contribution in [3.63, 3.8) is 0 Å². The largest absolute Gasteiger partial charge is 0.446 e. The molecule has 14 heteroatoms. The number of nitrogens with one attached hydrogen (secondary N) is 4. The molecule has 1 aliphatic heterocycles. The summed E-state index contributed by atoms with van der Waals surface area (Å²) in [6, 6.07) is 13.3. The lowest BCUT2D eigenvalue weighted by Gasteiger charge is -2.26. The highest BCUT2D eigenvalue weighted by Gasteiger charge is 2.31. The highest BCUT2D eigenvalue weighted by Crippen LogP contribution is 2.22. The molecule has 4 N–H and O–H groups in total. The molecule has 5 rings (SSSR count). The topological polar surface area (TPSA) is 186 Å². The average molecular weight is 614 g/mol. The third-order valence-corrected chi connectivity index (χ3v) is 7.47. The van der Waals surface area contributed by atoms with Gasteiger partial charge in [0.05, 0.1) is 5.69 Å². The van der Waals surface area contributed by atoms with Crippen LogP contribution in [0.1, 0.15) is 71.5 Å². The zero-order chi connectivity index (χ0) is 31.8. The summed E-state index contributed by atoms with van der Waals surface area (Å²) in [4.78, 5) is 57.8. The van der Waals surface area contributed by atoms with Gasteiger partial charge in [-0.25, -0.2) is 9.67 Å². The summed E-state index contributed by atoms with van der Waals surface area (Å²) in [7, 11) is 0. The van der Waals surface area contributed by atoms with Crippen molar-refractivity contribution in [3.05, 3.63) is 89.9 Å². The van der Waals surface area contributed by atoms with Crippen molar-refractivity contribution in [2.45, 2.75) is 57.7 Å². The monoisotopic (exact) mass is 613 g/mol. The molecule has 0 saturated heterocycles. The molecule has 14 nitrogen and oxygen atoms in total. The molecule has 0 fully saturated rings. The number of carbonyl (C=O) groups excluding carboxylic acids is 4. The molecular formula is C31H35N9O5. The average Bonchev–Trinajstić information content (AvgIpc) is 3.76. The molecule has 2 aromatic carbocycles. The maximum atomic E-state index is 13.8. The molecule has 3 atom stereocenters. The number of benzene rings is 2. The SMILES string of the molecule is CC(C)[C@@H]1NC(=O)[C@H](Cc2ccccc2)NC(=O)[C@@H](NC(=O)c2ccc(-n3cnnn3)cc2)CCCCNC(=O)c2coc1n2. The third-order valence-electron chi connectivity index (χ3n) is 7.47. The van der Waals surface area contributed by atoms with Gasteiger partial charge in [-0.15, -0.1) is 5.10 Å². The number of amides is 4. The fourth-order valence-corrected chi connectivity index (χ4v) is 4.96. The second-order valence-electron chi connectivity index (χ2n) is 11.1. The van der Waals surface area contributed by atoms with E-state index in [1.165, 1.54) is 17.3 Å². The Morgan fingerprint density at radius 2 is 1.80 bits per heavy atom. The lowest BCUT2D eigenvalue weighted by Crippen LogP contribution is -2.55. The number of oxazole rings is 1. The van der Waals surface area contributed by atoms with Crippen LogP contribution >= 0.6 is 0 Å². The molecular weight excluding hydrogens is 578 g/mol. The first-order valence-corrected chi connectivity index (χ1v) is 14.8. The summed E-state index contributed by atoms with van der Waals surface area (Å²) < 4.78 is 7.06. The number of nitrogens with zero attached hydrogens (tertiary/aromatic N) is 5. The lowest BCUT2D eigenvalue weighted by molar-refractivity contribution is -0.130. The van der Waals surface area contributed by atoms with E-state index >= 15 is 0 Å². The minimum atomic E-state index is -0.971. The number of rotatable bonds is 6. The highest BCUT2D eigenvalue weighted by molar-refractivity contribution is 5.98. The second-order valence-corrected chi connectivity index (χ2v) is 11.1. The summed E-state index contributed by atoms with van der Waals surface area (Å²) >= 11 is 0. The van der Waals surface area contributed by atoms with E-state index < -0.39 is 41.8 Å². The van der Waals surface area contributed by atoms with Crippen molar-refractivity contribution < 1.29 is 23.6 Å². The van der Waals surface area contributed by atoms with E-state index in [1.54, 1.807) is 24.3 Å². The van der Waals surface area contributed by atoms with Crippen LogP contribution in [0.25, 0.3) is 5.69 Å². The highest BCUT2D eigenvalue weighted by atomic mass is 16.3. The predicted octanol–water partition coefficient (Wildman–Crippen LogP) is 1.90. The molecule has 0 unspecified atom stereocenters. The van der Waals surface area contributed by atoms with Crippen molar-refractivity contribution in [1.29, 1.82) is 0 Å². The van der Waals surface area contributed by atoms with Gasteiger partial charge in [-0.1, -0.05) is 44.2 Å². The summed E-state index contributed by atoms with van der Waals surface area (Å²) in [5.41, 5.74) is 1.95. The van der Waals surface area contributed by atoms with Crippen LogP contribution in [0.4, 0.5) is 0 Å². The summed E-state index contributed by atoms with van der Waals surface area (Å²) in [6.07, 6.45) is 4.24. The van der Waals surface area contributed by atoms with Gasteiger partial charge in [-0.2, -0.15) is 0 Å². The molecule has 4 amide bonds.